The molecule has 1 saturated carbocycles. The van der Waals surface area contributed by atoms with Crippen LogP contribution in [0.4, 0.5) is 5.69 Å². The predicted octanol–water partition coefficient (Wildman–Crippen LogP) is 2.23. The number of nitrogens with two attached hydrogens (primary N) is 1. The molecule has 1 aliphatic heterocycles. The summed E-state index contributed by atoms with van der Waals surface area (Å²) in [7, 11) is 0. The second-order valence-corrected chi connectivity index (χ2v) is 6.10. The summed E-state index contributed by atoms with van der Waals surface area (Å²) in [6.45, 7) is 5.11. The number of carbonyl (C=O) groups excluding carboxylic acids is 1. The number of hydrogen-bond donors (Lipinski definition) is 2. The Morgan fingerprint density at radius 2 is 2.10 bits per heavy atom. The molecule has 2 fully saturated rings. The van der Waals surface area contributed by atoms with Crippen LogP contribution in [-0.2, 0) is 4.74 Å². The van der Waals surface area contributed by atoms with Gasteiger partial charge in [0.15, 0.2) is 0 Å². The van der Waals surface area contributed by atoms with Gasteiger partial charge in [-0.05, 0) is 18.6 Å². The molecule has 3 unspecified atom stereocenters. The van der Waals surface area contributed by atoms with Crippen molar-refractivity contribution in [2.45, 2.75) is 32.4 Å². The Morgan fingerprint density at radius 1 is 1.40 bits per heavy atom. The summed E-state index contributed by atoms with van der Waals surface area (Å²) in [4.78, 5) is 12.3. The first kappa shape index (κ1) is 15.1. The standard InChI is InChI=1S/C15H20N2O2.ClH/c1-15(2)12(10-7-8-19-13(10)15)17-14(18)9-5-3-4-6-11(9)16;/h3-6,10,12-13H,7-8,16H2,1-2H3,(H,17,18);1H. The highest BCUT2D eigenvalue weighted by Gasteiger charge is 2.59. The van der Waals surface area contributed by atoms with Crippen molar-refractivity contribution in [3.05, 3.63) is 29.8 Å². The third-order valence-corrected chi connectivity index (χ3v) is 4.59. The van der Waals surface area contributed by atoms with E-state index < -0.39 is 0 Å². The van der Waals surface area contributed by atoms with E-state index in [4.69, 9.17) is 10.5 Å². The van der Waals surface area contributed by atoms with E-state index in [1.807, 2.05) is 12.1 Å². The second kappa shape index (κ2) is 5.26. The average Bonchev–Trinajstić information content (AvgIpc) is 2.83. The monoisotopic (exact) mass is 296 g/mol. The molecule has 1 aromatic carbocycles. The topological polar surface area (TPSA) is 64.4 Å². The zero-order chi connectivity index (χ0) is 13.6. The molecular weight excluding hydrogens is 276 g/mol. The Bertz CT molecular complexity index is 518. The van der Waals surface area contributed by atoms with Gasteiger partial charge in [0, 0.05) is 29.7 Å². The van der Waals surface area contributed by atoms with Gasteiger partial charge in [-0.2, -0.15) is 0 Å². The number of anilines is 1. The number of ether oxygens (including phenoxy) is 1. The predicted molar refractivity (Wildman–Crippen MR) is 81.0 cm³/mol. The van der Waals surface area contributed by atoms with Crippen molar-refractivity contribution in [1.82, 2.24) is 5.32 Å². The molecule has 1 saturated heterocycles. The number of amides is 1. The fourth-order valence-corrected chi connectivity index (χ4v) is 3.54. The van der Waals surface area contributed by atoms with Crippen molar-refractivity contribution >= 4 is 24.0 Å². The lowest BCUT2D eigenvalue weighted by molar-refractivity contribution is -0.108. The van der Waals surface area contributed by atoms with Crippen LogP contribution in [0.1, 0.15) is 30.6 Å². The van der Waals surface area contributed by atoms with E-state index in [0.29, 0.717) is 17.2 Å². The SMILES string of the molecule is CC1(C)C(NC(=O)c2ccccc2N)C2CCOC21.Cl. The summed E-state index contributed by atoms with van der Waals surface area (Å²) >= 11 is 0. The second-order valence-electron chi connectivity index (χ2n) is 6.10. The zero-order valence-corrected chi connectivity index (χ0v) is 12.6. The molecule has 0 aromatic heterocycles. The van der Waals surface area contributed by atoms with Crippen LogP contribution in [0, 0.1) is 11.3 Å². The van der Waals surface area contributed by atoms with E-state index in [1.165, 1.54) is 0 Å². The number of halogens is 1. The van der Waals surface area contributed by atoms with Crippen molar-refractivity contribution < 1.29 is 9.53 Å². The van der Waals surface area contributed by atoms with Gasteiger partial charge in [-0.1, -0.05) is 26.0 Å². The van der Waals surface area contributed by atoms with Gasteiger partial charge in [-0.25, -0.2) is 0 Å². The highest BCUT2D eigenvalue weighted by Crippen LogP contribution is 2.52. The maximum Gasteiger partial charge on any atom is 0.253 e. The molecule has 4 nitrogen and oxygen atoms in total. The first-order chi connectivity index (χ1) is 9.01. The van der Waals surface area contributed by atoms with E-state index in [2.05, 4.69) is 19.2 Å². The van der Waals surface area contributed by atoms with Crippen molar-refractivity contribution in [3.63, 3.8) is 0 Å². The Balaban J connectivity index is 0.00000147. The molecule has 3 N–H and O–H groups in total. The van der Waals surface area contributed by atoms with Crippen molar-refractivity contribution in [1.29, 1.82) is 0 Å². The van der Waals surface area contributed by atoms with Crippen LogP contribution < -0.4 is 11.1 Å². The lowest BCUT2D eigenvalue weighted by atomic mass is 9.57. The average molecular weight is 297 g/mol. The number of nitrogen functional groups attached to an aromatic ring is 1. The molecule has 1 amide bonds. The summed E-state index contributed by atoms with van der Waals surface area (Å²) in [5.41, 5.74) is 6.93. The molecule has 20 heavy (non-hydrogen) atoms. The van der Waals surface area contributed by atoms with Gasteiger partial charge in [0.2, 0.25) is 0 Å². The van der Waals surface area contributed by atoms with Crippen LogP contribution in [0.3, 0.4) is 0 Å². The van der Waals surface area contributed by atoms with Crippen molar-refractivity contribution in [2.75, 3.05) is 12.3 Å². The largest absolute Gasteiger partial charge is 0.398 e. The molecular formula is C15H21ClN2O2. The minimum absolute atomic E-state index is 0. The normalized spacial score (nSPS) is 29.8. The van der Waals surface area contributed by atoms with Crippen LogP contribution >= 0.6 is 12.4 Å². The van der Waals surface area contributed by atoms with Crippen molar-refractivity contribution in [2.24, 2.45) is 11.3 Å². The van der Waals surface area contributed by atoms with Crippen molar-refractivity contribution in [3.8, 4) is 0 Å². The molecule has 0 bridgehead atoms. The van der Waals surface area contributed by atoms with Crippen LogP contribution in [0.5, 0.6) is 0 Å². The molecule has 110 valence electrons. The first-order valence-corrected chi connectivity index (χ1v) is 6.79. The maximum atomic E-state index is 12.3. The summed E-state index contributed by atoms with van der Waals surface area (Å²) in [6.07, 6.45) is 1.31. The van der Waals surface area contributed by atoms with Crippen LogP contribution in [0.15, 0.2) is 24.3 Å². The van der Waals surface area contributed by atoms with E-state index in [0.717, 1.165) is 13.0 Å². The molecule has 0 spiro atoms. The molecule has 1 aromatic rings. The lowest BCUT2D eigenvalue weighted by Gasteiger charge is -2.54. The Morgan fingerprint density at radius 3 is 2.80 bits per heavy atom. The van der Waals surface area contributed by atoms with Crippen LogP contribution in [0.2, 0.25) is 0 Å². The minimum atomic E-state index is -0.0819. The number of carbonyl (C=O) groups is 1. The lowest BCUT2D eigenvalue weighted by Crippen LogP contribution is -2.66. The fourth-order valence-electron chi connectivity index (χ4n) is 3.54. The van der Waals surface area contributed by atoms with Gasteiger partial charge in [0.25, 0.3) is 5.91 Å². The molecule has 0 radical (unpaired) electrons. The summed E-state index contributed by atoms with van der Waals surface area (Å²) in [6, 6.07) is 7.35. The number of para-hydroxylation sites is 1. The molecule has 1 aliphatic carbocycles. The highest BCUT2D eigenvalue weighted by molar-refractivity contribution is 5.99. The Hall–Kier alpha value is -1.26. The third-order valence-electron chi connectivity index (χ3n) is 4.59. The fraction of sp³-hybridized carbons (Fsp3) is 0.533. The number of rotatable bonds is 2. The Kier molecular flexibility index (Phi) is 3.98. The van der Waals surface area contributed by atoms with Crippen LogP contribution in [-0.4, -0.2) is 24.7 Å². The summed E-state index contributed by atoms with van der Waals surface area (Å²) in [5.74, 6) is 0.366. The molecule has 3 rings (SSSR count). The maximum absolute atomic E-state index is 12.3. The number of hydrogen-bond acceptors (Lipinski definition) is 3. The number of benzene rings is 1. The van der Waals surface area contributed by atoms with E-state index >= 15 is 0 Å². The third kappa shape index (κ3) is 2.17. The van der Waals surface area contributed by atoms with Crippen LogP contribution in [0.25, 0.3) is 0 Å². The number of fused-ring (bicyclic) bond motifs is 1. The van der Waals surface area contributed by atoms with Gasteiger partial charge in [0.05, 0.1) is 11.7 Å². The highest BCUT2D eigenvalue weighted by atomic mass is 35.5. The van der Waals surface area contributed by atoms with E-state index in [-0.39, 0.29) is 35.9 Å². The van der Waals surface area contributed by atoms with E-state index in [9.17, 15) is 4.79 Å². The first-order valence-electron chi connectivity index (χ1n) is 6.79. The molecule has 2 aliphatic rings. The number of nitrogens with one attached hydrogen (secondary N) is 1. The van der Waals surface area contributed by atoms with Gasteiger partial charge >= 0.3 is 0 Å². The summed E-state index contributed by atoms with van der Waals surface area (Å²) < 4.78 is 5.73. The quantitative estimate of drug-likeness (QED) is 0.823. The smallest absolute Gasteiger partial charge is 0.253 e. The van der Waals surface area contributed by atoms with Gasteiger partial charge in [-0.3, -0.25) is 4.79 Å². The Labute approximate surface area is 125 Å². The molecule has 3 atom stereocenters. The zero-order valence-electron chi connectivity index (χ0n) is 11.8. The minimum Gasteiger partial charge on any atom is -0.398 e. The van der Waals surface area contributed by atoms with Gasteiger partial charge in [-0.15, -0.1) is 12.4 Å². The molecule has 5 heteroatoms. The van der Waals surface area contributed by atoms with Gasteiger partial charge in [0.1, 0.15) is 0 Å². The summed E-state index contributed by atoms with van der Waals surface area (Å²) in [5, 5.41) is 3.14. The van der Waals surface area contributed by atoms with Gasteiger partial charge < -0.3 is 15.8 Å². The van der Waals surface area contributed by atoms with E-state index in [1.54, 1.807) is 12.1 Å². The molecule has 1 heterocycles.